The van der Waals surface area contributed by atoms with Gasteiger partial charge in [-0.2, -0.15) is 0 Å². The smallest absolute Gasteiger partial charge is 0.175 e. The minimum absolute atomic E-state index is 0.287. The number of rotatable bonds is 4. The zero-order valence-electron chi connectivity index (χ0n) is 15.1. The average Bonchev–Trinajstić information content (AvgIpc) is 3.14. The van der Waals surface area contributed by atoms with Crippen LogP contribution in [0.5, 0.6) is 0 Å². The molecule has 4 nitrogen and oxygen atoms in total. The summed E-state index contributed by atoms with van der Waals surface area (Å²) in [6, 6.07) is 24.1. The van der Waals surface area contributed by atoms with Crippen molar-refractivity contribution in [2.75, 3.05) is 6.26 Å². The molecule has 0 fully saturated rings. The number of nitrogens with one attached hydrogen (secondary N) is 1. The highest BCUT2D eigenvalue weighted by Gasteiger charge is 2.16. The van der Waals surface area contributed by atoms with Crippen molar-refractivity contribution >= 4 is 21.4 Å². The van der Waals surface area contributed by atoms with E-state index >= 15 is 0 Å². The van der Waals surface area contributed by atoms with E-state index in [1.54, 1.807) is 24.3 Å². The summed E-state index contributed by atoms with van der Waals surface area (Å²) in [5, 5.41) is 0.662. The van der Waals surface area contributed by atoms with E-state index in [-0.39, 0.29) is 4.90 Å². The monoisotopic (exact) mass is 408 g/mol. The first-order chi connectivity index (χ1) is 13.4. The minimum atomic E-state index is -3.24. The van der Waals surface area contributed by atoms with Crippen molar-refractivity contribution in [2.24, 2.45) is 0 Å². The Morgan fingerprint density at radius 2 is 1.39 bits per heavy atom. The van der Waals surface area contributed by atoms with Gasteiger partial charge in [0.1, 0.15) is 5.82 Å². The van der Waals surface area contributed by atoms with Gasteiger partial charge in [0.15, 0.2) is 9.84 Å². The molecule has 6 heteroatoms. The Hall–Kier alpha value is -2.89. The summed E-state index contributed by atoms with van der Waals surface area (Å²) in [6.45, 7) is 0. The largest absolute Gasteiger partial charge is 0.337 e. The number of H-pyrrole nitrogens is 1. The molecule has 0 amide bonds. The van der Waals surface area contributed by atoms with Gasteiger partial charge in [0.25, 0.3) is 0 Å². The SMILES string of the molecule is CS(=O)(=O)c1ccc(-c2[nH]c(-c3ccc(Cl)cc3)nc2-c2ccccc2)cc1. The molecule has 0 spiro atoms. The maximum Gasteiger partial charge on any atom is 0.175 e. The lowest BCUT2D eigenvalue weighted by Gasteiger charge is -2.04. The number of halogens is 1. The number of aromatic amines is 1. The predicted octanol–water partition coefficient (Wildman–Crippen LogP) is 5.47. The normalized spacial score (nSPS) is 11.5. The van der Waals surface area contributed by atoms with Crippen LogP contribution >= 0.6 is 11.6 Å². The Labute approximate surface area is 168 Å². The van der Waals surface area contributed by atoms with Gasteiger partial charge in [0.05, 0.1) is 16.3 Å². The number of benzene rings is 3. The summed E-state index contributed by atoms with van der Waals surface area (Å²) in [5.74, 6) is 0.720. The van der Waals surface area contributed by atoms with Crippen molar-refractivity contribution < 1.29 is 8.42 Å². The Bertz CT molecular complexity index is 1210. The number of sulfone groups is 1. The van der Waals surface area contributed by atoms with E-state index in [0.717, 1.165) is 33.9 Å². The summed E-state index contributed by atoms with van der Waals surface area (Å²) < 4.78 is 23.5. The van der Waals surface area contributed by atoms with Crippen LogP contribution in [0.3, 0.4) is 0 Å². The molecule has 0 atom stereocenters. The quantitative estimate of drug-likeness (QED) is 0.487. The van der Waals surface area contributed by atoms with Crippen molar-refractivity contribution in [3.8, 4) is 33.9 Å². The molecule has 4 rings (SSSR count). The van der Waals surface area contributed by atoms with Gasteiger partial charge in [0, 0.05) is 28.0 Å². The number of imidazole rings is 1. The van der Waals surface area contributed by atoms with E-state index < -0.39 is 9.84 Å². The lowest BCUT2D eigenvalue weighted by Crippen LogP contribution is -1.96. The van der Waals surface area contributed by atoms with Crippen LogP contribution in [-0.4, -0.2) is 24.6 Å². The zero-order valence-corrected chi connectivity index (χ0v) is 16.6. The van der Waals surface area contributed by atoms with Gasteiger partial charge < -0.3 is 4.98 Å². The van der Waals surface area contributed by atoms with Gasteiger partial charge in [-0.3, -0.25) is 0 Å². The maximum absolute atomic E-state index is 11.8. The molecule has 0 saturated carbocycles. The molecular weight excluding hydrogens is 392 g/mol. The number of aromatic nitrogens is 2. The van der Waals surface area contributed by atoms with Gasteiger partial charge in [0.2, 0.25) is 0 Å². The highest BCUT2D eigenvalue weighted by molar-refractivity contribution is 7.90. The standard InChI is InChI=1S/C22H17ClN2O2S/c1-28(26,27)19-13-9-16(10-14-19)21-20(15-5-3-2-4-6-15)24-22(25-21)17-7-11-18(23)12-8-17/h2-14H,1H3,(H,24,25). The fraction of sp³-hybridized carbons (Fsp3) is 0.0455. The molecule has 0 saturated heterocycles. The zero-order chi connectivity index (χ0) is 19.7. The number of hydrogen-bond acceptors (Lipinski definition) is 3. The van der Waals surface area contributed by atoms with Gasteiger partial charge in [-0.25, -0.2) is 13.4 Å². The molecule has 3 aromatic carbocycles. The Kier molecular flexibility index (Phi) is 4.79. The molecular formula is C22H17ClN2O2S. The van der Waals surface area contributed by atoms with Crippen LogP contribution in [0, 0.1) is 0 Å². The molecule has 0 bridgehead atoms. The maximum atomic E-state index is 11.8. The first-order valence-electron chi connectivity index (χ1n) is 8.64. The van der Waals surface area contributed by atoms with Crippen LogP contribution in [0.15, 0.2) is 83.8 Å². The molecule has 1 N–H and O–H groups in total. The average molecular weight is 409 g/mol. The van der Waals surface area contributed by atoms with E-state index in [1.807, 2.05) is 54.6 Å². The summed E-state index contributed by atoms with van der Waals surface area (Å²) in [4.78, 5) is 8.48. The van der Waals surface area contributed by atoms with E-state index in [1.165, 1.54) is 6.26 Å². The second-order valence-electron chi connectivity index (χ2n) is 6.48. The van der Waals surface area contributed by atoms with E-state index in [2.05, 4.69) is 4.98 Å². The lowest BCUT2D eigenvalue weighted by atomic mass is 10.1. The van der Waals surface area contributed by atoms with E-state index in [9.17, 15) is 8.42 Å². The highest BCUT2D eigenvalue weighted by atomic mass is 35.5. The fourth-order valence-electron chi connectivity index (χ4n) is 3.00. The van der Waals surface area contributed by atoms with E-state index in [0.29, 0.717) is 5.02 Å². The first kappa shape index (κ1) is 18.5. The predicted molar refractivity (Wildman–Crippen MR) is 113 cm³/mol. The van der Waals surface area contributed by atoms with Gasteiger partial charge in [-0.05, 0) is 36.4 Å². The summed E-state index contributed by atoms with van der Waals surface area (Å²) in [6.07, 6.45) is 1.20. The third-order valence-corrected chi connectivity index (χ3v) is 5.82. The molecule has 4 aromatic rings. The third-order valence-electron chi connectivity index (χ3n) is 4.44. The lowest BCUT2D eigenvalue weighted by molar-refractivity contribution is 0.602. The molecule has 0 aliphatic heterocycles. The van der Waals surface area contributed by atoms with Crippen LogP contribution in [0.2, 0.25) is 5.02 Å². The molecule has 1 heterocycles. The van der Waals surface area contributed by atoms with Crippen molar-refractivity contribution in [3.63, 3.8) is 0 Å². The molecule has 0 aliphatic carbocycles. The van der Waals surface area contributed by atoms with Crippen molar-refractivity contribution in [1.29, 1.82) is 0 Å². The Morgan fingerprint density at radius 1 is 0.786 bits per heavy atom. The second-order valence-corrected chi connectivity index (χ2v) is 8.93. The first-order valence-corrected chi connectivity index (χ1v) is 10.9. The van der Waals surface area contributed by atoms with E-state index in [4.69, 9.17) is 16.6 Å². The van der Waals surface area contributed by atoms with Gasteiger partial charge >= 0.3 is 0 Å². The number of nitrogens with zero attached hydrogens (tertiary/aromatic N) is 1. The van der Waals surface area contributed by atoms with Crippen LogP contribution in [-0.2, 0) is 9.84 Å². The Balaban J connectivity index is 1.86. The van der Waals surface area contributed by atoms with Crippen LogP contribution in [0.1, 0.15) is 0 Å². The molecule has 1 aromatic heterocycles. The van der Waals surface area contributed by atoms with Crippen molar-refractivity contribution in [3.05, 3.63) is 83.9 Å². The van der Waals surface area contributed by atoms with Crippen LogP contribution in [0.4, 0.5) is 0 Å². The summed E-state index contributed by atoms with van der Waals surface area (Å²) in [7, 11) is -3.24. The second kappa shape index (κ2) is 7.26. The van der Waals surface area contributed by atoms with Gasteiger partial charge in [-0.15, -0.1) is 0 Å². The minimum Gasteiger partial charge on any atom is -0.337 e. The summed E-state index contributed by atoms with van der Waals surface area (Å²) >= 11 is 6.00. The molecule has 140 valence electrons. The topological polar surface area (TPSA) is 62.8 Å². The third kappa shape index (κ3) is 3.72. The van der Waals surface area contributed by atoms with Crippen LogP contribution < -0.4 is 0 Å². The molecule has 0 radical (unpaired) electrons. The highest BCUT2D eigenvalue weighted by Crippen LogP contribution is 2.33. The van der Waals surface area contributed by atoms with Gasteiger partial charge in [-0.1, -0.05) is 54.1 Å². The Morgan fingerprint density at radius 3 is 2.00 bits per heavy atom. The van der Waals surface area contributed by atoms with Crippen molar-refractivity contribution in [2.45, 2.75) is 4.90 Å². The van der Waals surface area contributed by atoms with Crippen molar-refractivity contribution in [1.82, 2.24) is 9.97 Å². The molecule has 28 heavy (non-hydrogen) atoms. The fourth-order valence-corrected chi connectivity index (χ4v) is 3.76. The van der Waals surface area contributed by atoms with Crippen LogP contribution in [0.25, 0.3) is 33.9 Å². The number of hydrogen-bond donors (Lipinski definition) is 1. The molecule has 0 aliphatic rings. The molecule has 0 unspecified atom stereocenters. The summed E-state index contributed by atoms with van der Waals surface area (Å²) in [5.41, 5.74) is 4.38.